The summed E-state index contributed by atoms with van der Waals surface area (Å²) in [5.74, 6) is 0.485. The van der Waals surface area contributed by atoms with Gasteiger partial charge in [0.25, 0.3) is 0 Å². The van der Waals surface area contributed by atoms with Crippen LogP contribution >= 0.6 is 0 Å². The van der Waals surface area contributed by atoms with Crippen molar-refractivity contribution >= 4 is 17.7 Å². The molecule has 2 aliphatic heterocycles. The molecular weight excluding hydrogens is 374 g/mol. The number of pyridine rings is 1. The van der Waals surface area contributed by atoms with Crippen molar-refractivity contribution in [2.45, 2.75) is 25.5 Å². The van der Waals surface area contributed by atoms with Crippen LogP contribution in [-0.2, 0) is 16.0 Å². The van der Waals surface area contributed by atoms with Gasteiger partial charge >= 0.3 is 6.09 Å². The lowest BCUT2D eigenvalue weighted by Crippen LogP contribution is -2.40. The maximum atomic E-state index is 12.3. The molecule has 1 saturated heterocycles. The minimum Gasteiger partial charge on any atom is -0.442 e. The van der Waals surface area contributed by atoms with E-state index in [0.29, 0.717) is 18.8 Å². The van der Waals surface area contributed by atoms with E-state index in [1.54, 1.807) is 11.1 Å². The van der Waals surface area contributed by atoms with Crippen LogP contribution in [0, 0.1) is 0 Å². The molecule has 146 valence electrons. The Bertz CT molecular complexity index is 1080. The Kier molecular flexibility index (Phi) is 3.97. The number of benzene rings is 1. The molecular formula is C19H17N7O3. The summed E-state index contributed by atoms with van der Waals surface area (Å²) in [6, 6.07) is 9.66. The molecule has 0 bridgehead atoms. The predicted octanol–water partition coefficient (Wildman–Crippen LogP) is 1.11. The minimum absolute atomic E-state index is 0.111. The van der Waals surface area contributed by atoms with Crippen molar-refractivity contribution in [1.29, 1.82) is 0 Å². The Morgan fingerprint density at radius 3 is 2.86 bits per heavy atom. The number of carbonyl (C=O) groups is 2. The molecule has 1 aromatic carbocycles. The van der Waals surface area contributed by atoms with Crippen LogP contribution in [0.15, 0.2) is 42.9 Å². The fourth-order valence-electron chi connectivity index (χ4n) is 3.84. The Balaban J connectivity index is 1.39. The largest absolute Gasteiger partial charge is 0.442 e. The van der Waals surface area contributed by atoms with Gasteiger partial charge in [-0.3, -0.25) is 9.69 Å². The predicted molar refractivity (Wildman–Crippen MR) is 101 cm³/mol. The normalized spacial score (nSPS) is 19.6. The van der Waals surface area contributed by atoms with Crippen molar-refractivity contribution in [2.24, 2.45) is 0 Å². The van der Waals surface area contributed by atoms with Crippen LogP contribution < -0.4 is 10.2 Å². The maximum Gasteiger partial charge on any atom is 0.415 e. The summed E-state index contributed by atoms with van der Waals surface area (Å²) in [5.41, 5.74) is 3.88. The number of carbonyl (C=O) groups excluding carboxylic acids is 2. The number of ether oxygens (including phenoxy) is 1. The number of cyclic esters (lactones) is 1. The van der Waals surface area contributed by atoms with Gasteiger partial charge in [0.2, 0.25) is 5.91 Å². The second kappa shape index (κ2) is 6.66. The zero-order chi connectivity index (χ0) is 20.0. The molecule has 0 aliphatic carbocycles. The number of nitrogens with one attached hydrogen (secondary N) is 1. The van der Waals surface area contributed by atoms with E-state index in [-0.39, 0.29) is 24.1 Å². The van der Waals surface area contributed by atoms with Gasteiger partial charge in [0.15, 0.2) is 5.82 Å². The quantitative estimate of drug-likeness (QED) is 0.708. The highest BCUT2D eigenvalue weighted by atomic mass is 16.6. The number of nitrogens with zero attached hydrogens (tertiary/aromatic N) is 6. The van der Waals surface area contributed by atoms with Crippen LogP contribution in [0.4, 0.5) is 10.5 Å². The van der Waals surface area contributed by atoms with Crippen molar-refractivity contribution in [1.82, 2.24) is 30.5 Å². The second-order valence-corrected chi connectivity index (χ2v) is 7.00. The van der Waals surface area contributed by atoms with Crippen LogP contribution in [0.1, 0.15) is 12.5 Å². The van der Waals surface area contributed by atoms with E-state index >= 15 is 0 Å². The molecule has 0 unspecified atom stereocenters. The first-order valence-corrected chi connectivity index (χ1v) is 9.17. The second-order valence-electron chi connectivity index (χ2n) is 7.00. The Morgan fingerprint density at radius 2 is 2.14 bits per heavy atom. The molecule has 5 rings (SSSR count). The number of fused-ring (bicyclic) bond motifs is 3. The van der Waals surface area contributed by atoms with Crippen molar-refractivity contribution in [2.75, 3.05) is 11.4 Å². The Labute approximate surface area is 165 Å². The van der Waals surface area contributed by atoms with Gasteiger partial charge in [-0.05, 0) is 52.2 Å². The number of anilines is 1. The molecule has 1 fully saturated rings. The summed E-state index contributed by atoms with van der Waals surface area (Å²) in [6.45, 7) is 1.76. The van der Waals surface area contributed by atoms with E-state index < -0.39 is 0 Å². The summed E-state index contributed by atoms with van der Waals surface area (Å²) in [6.07, 6.45) is 3.20. The minimum atomic E-state index is -0.371. The summed E-state index contributed by atoms with van der Waals surface area (Å²) >= 11 is 0. The first kappa shape index (κ1) is 17.3. The van der Waals surface area contributed by atoms with Gasteiger partial charge < -0.3 is 10.1 Å². The molecule has 0 saturated carbocycles. The molecule has 2 atom stereocenters. The van der Waals surface area contributed by atoms with Crippen LogP contribution in [0.3, 0.4) is 0 Å². The molecule has 2 aliphatic rings. The zero-order valence-corrected chi connectivity index (χ0v) is 15.5. The van der Waals surface area contributed by atoms with Gasteiger partial charge in [-0.25, -0.2) is 9.78 Å². The Morgan fingerprint density at radius 1 is 1.28 bits per heavy atom. The highest BCUT2D eigenvalue weighted by molar-refractivity contribution is 5.94. The van der Waals surface area contributed by atoms with Gasteiger partial charge in [-0.15, -0.1) is 5.10 Å². The fourth-order valence-corrected chi connectivity index (χ4v) is 3.84. The lowest BCUT2D eigenvalue weighted by atomic mass is 10.0. The summed E-state index contributed by atoms with van der Waals surface area (Å²) in [7, 11) is 0. The number of hydrogen-bond donors (Lipinski definition) is 1. The van der Waals surface area contributed by atoms with E-state index in [1.165, 1.54) is 17.9 Å². The van der Waals surface area contributed by atoms with Gasteiger partial charge in [-0.1, -0.05) is 6.07 Å². The fraction of sp³-hybridized carbons (Fsp3) is 0.263. The zero-order valence-electron chi connectivity index (χ0n) is 15.5. The van der Waals surface area contributed by atoms with Crippen molar-refractivity contribution in [3.63, 3.8) is 0 Å². The van der Waals surface area contributed by atoms with Crippen LogP contribution in [-0.4, -0.2) is 55.9 Å². The topological polar surface area (TPSA) is 115 Å². The smallest absolute Gasteiger partial charge is 0.415 e. The molecule has 0 radical (unpaired) electrons. The SMILES string of the molecule is CC(=O)NC[C@@H]1OC(=O)N2c3ccc(-c4ccc(-n5cnnn5)nc4)cc3C[C@@H]12. The molecule has 29 heavy (non-hydrogen) atoms. The van der Waals surface area contributed by atoms with Crippen molar-refractivity contribution in [3.05, 3.63) is 48.4 Å². The molecule has 2 amide bonds. The van der Waals surface area contributed by atoms with Crippen LogP contribution in [0.2, 0.25) is 0 Å². The molecule has 10 heteroatoms. The molecule has 2 aromatic heterocycles. The summed E-state index contributed by atoms with van der Waals surface area (Å²) < 4.78 is 6.93. The average Bonchev–Trinajstić information content (AvgIpc) is 3.44. The van der Waals surface area contributed by atoms with Gasteiger partial charge in [0.05, 0.1) is 18.3 Å². The van der Waals surface area contributed by atoms with E-state index in [2.05, 4.69) is 31.9 Å². The Hall–Kier alpha value is -3.82. The van der Waals surface area contributed by atoms with Crippen molar-refractivity contribution in [3.8, 4) is 16.9 Å². The lowest BCUT2D eigenvalue weighted by molar-refractivity contribution is -0.119. The van der Waals surface area contributed by atoms with Gasteiger partial charge in [0.1, 0.15) is 12.4 Å². The van der Waals surface area contributed by atoms with Crippen LogP contribution in [0.25, 0.3) is 16.9 Å². The molecule has 10 nitrogen and oxygen atoms in total. The van der Waals surface area contributed by atoms with E-state index in [9.17, 15) is 9.59 Å². The highest BCUT2D eigenvalue weighted by Crippen LogP contribution is 2.40. The van der Waals surface area contributed by atoms with Crippen LogP contribution in [0.5, 0.6) is 0 Å². The monoisotopic (exact) mass is 391 g/mol. The molecule has 0 spiro atoms. The van der Waals surface area contributed by atoms with Crippen molar-refractivity contribution < 1.29 is 14.3 Å². The van der Waals surface area contributed by atoms with E-state index in [0.717, 1.165) is 22.4 Å². The number of rotatable bonds is 4. The highest BCUT2D eigenvalue weighted by Gasteiger charge is 2.47. The molecule has 1 N–H and O–H groups in total. The van der Waals surface area contributed by atoms with Gasteiger partial charge in [-0.2, -0.15) is 4.68 Å². The molecule has 3 aromatic rings. The van der Waals surface area contributed by atoms with E-state index in [4.69, 9.17) is 4.74 Å². The lowest BCUT2D eigenvalue weighted by Gasteiger charge is -2.16. The van der Waals surface area contributed by atoms with E-state index in [1.807, 2.05) is 24.3 Å². The third-order valence-electron chi connectivity index (χ3n) is 5.19. The summed E-state index contributed by atoms with van der Waals surface area (Å²) in [4.78, 5) is 29.6. The number of hydrogen-bond acceptors (Lipinski definition) is 7. The standard InChI is InChI=1S/C19H17N7O3/c1-11(27)20-9-17-16-7-14-6-12(2-4-15(14)26(16)19(28)29-17)13-3-5-18(21-8-13)25-10-22-23-24-25/h2-6,8,10,16-17H,7,9H2,1H3,(H,20,27)/t16-,17-/m0/s1. The maximum absolute atomic E-state index is 12.3. The third-order valence-corrected chi connectivity index (χ3v) is 5.19. The number of amides is 2. The first-order valence-electron chi connectivity index (χ1n) is 9.17. The summed E-state index contributed by atoms with van der Waals surface area (Å²) in [5, 5.41) is 13.8. The average molecular weight is 391 g/mol. The molecule has 4 heterocycles. The first-order chi connectivity index (χ1) is 14.1. The number of tetrazole rings is 1. The van der Waals surface area contributed by atoms with Gasteiger partial charge in [0, 0.05) is 18.7 Å². The third kappa shape index (κ3) is 2.98. The number of aromatic nitrogens is 5.